The molecule has 0 unspecified atom stereocenters. The van der Waals surface area contributed by atoms with Crippen LogP contribution in [0.25, 0.3) is 6.08 Å². The number of rotatable bonds is 6. The van der Waals surface area contributed by atoms with Gasteiger partial charge in [-0.2, -0.15) is 5.10 Å². The van der Waals surface area contributed by atoms with Crippen LogP contribution in [0.5, 0.6) is 0 Å². The van der Waals surface area contributed by atoms with Crippen LogP contribution in [0.15, 0.2) is 43.0 Å². The summed E-state index contributed by atoms with van der Waals surface area (Å²) in [6.45, 7) is 3.55. The van der Waals surface area contributed by atoms with E-state index in [9.17, 15) is 4.39 Å². The van der Waals surface area contributed by atoms with Crippen molar-refractivity contribution in [3.8, 4) is 0 Å². The minimum atomic E-state index is -0.201. The van der Waals surface area contributed by atoms with Gasteiger partial charge < -0.3 is 4.57 Å². The summed E-state index contributed by atoms with van der Waals surface area (Å²) in [4.78, 5) is 6.40. The largest absolute Gasteiger partial charge is 0.316 e. The molecule has 1 aromatic carbocycles. The molecule has 0 spiro atoms. The maximum absolute atomic E-state index is 12.9. The molecule has 8 heteroatoms. The second-order valence-electron chi connectivity index (χ2n) is 7.16. The average Bonchev–Trinajstić information content (AvgIpc) is 3.35. The van der Waals surface area contributed by atoms with E-state index in [1.165, 1.54) is 18.5 Å². The van der Waals surface area contributed by atoms with E-state index in [0.717, 1.165) is 49.7 Å². The van der Waals surface area contributed by atoms with Crippen molar-refractivity contribution in [2.75, 3.05) is 19.6 Å². The van der Waals surface area contributed by atoms with Gasteiger partial charge in [0.05, 0.1) is 0 Å². The standard InChI is InChI=1S/C20H24FN7/c1-26-19(13-28-15-22-14-23-28)24-25-20(26)17-8-11-27(12-9-17)10-2-3-16-4-6-18(21)7-5-16/h2-7,14-15,17H,8-13H2,1H3. The highest BCUT2D eigenvalue weighted by Crippen LogP contribution is 2.26. The van der Waals surface area contributed by atoms with Crippen molar-refractivity contribution in [2.45, 2.75) is 25.3 Å². The third-order valence-electron chi connectivity index (χ3n) is 5.27. The number of hydrogen-bond donors (Lipinski definition) is 0. The van der Waals surface area contributed by atoms with E-state index < -0.39 is 0 Å². The predicted molar refractivity (Wildman–Crippen MR) is 104 cm³/mol. The Kier molecular flexibility index (Phi) is 5.57. The molecule has 7 nitrogen and oxygen atoms in total. The van der Waals surface area contributed by atoms with Gasteiger partial charge in [-0.15, -0.1) is 10.2 Å². The molecule has 3 aromatic rings. The molecule has 2 aromatic heterocycles. The van der Waals surface area contributed by atoms with Gasteiger partial charge in [-0.25, -0.2) is 14.1 Å². The van der Waals surface area contributed by atoms with Crippen LogP contribution in [0.4, 0.5) is 4.39 Å². The van der Waals surface area contributed by atoms with Crippen LogP contribution in [0.2, 0.25) is 0 Å². The van der Waals surface area contributed by atoms with Gasteiger partial charge in [0, 0.05) is 19.5 Å². The van der Waals surface area contributed by atoms with E-state index in [1.54, 1.807) is 23.1 Å². The highest BCUT2D eigenvalue weighted by molar-refractivity contribution is 5.48. The first-order chi connectivity index (χ1) is 13.7. The van der Waals surface area contributed by atoms with Gasteiger partial charge in [0.25, 0.3) is 0 Å². The molecule has 0 atom stereocenters. The van der Waals surface area contributed by atoms with Crippen LogP contribution < -0.4 is 0 Å². The SMILES string of the molecule is Cn1c(Cn2cncn2)nnc1C1CCN(CC=Cc2ccc(F)cc2)CC1. The van der Waals surface area contributed by atoms with Gasteiger partial charge in [0.1, 0.15) is 30.8 Å². The lowest BCUT2D eigenvalue weighted by molar-refractivity contribution is 0.227. The number of nitrogens with zero attached hydrogens (tertiary/aromatic N) is 7. The highest BCUT2D eigenvalue weighted by atomic mass is 19.1. The lowest BCUT2D eigenvalue weighted by Gasteiger charge is -2.30. The van der Waals surface area contributed by atoms with Crippen LogP contribution in [-0.2, 0) is 13.6 Å². The molecule has 1 aliphatic heterocycles. The molecule has 0 saturated carbocycles. The molecule has 146 valence electrons. The van der Waals surface area contributed by atoms with Gasteiger partial charge >= 0.3 is 0 Å². The third kappa shape index (κ3) is 4.33. The summed E-state index contributed by atoms with van der Waals surface area (Å²) in [6.07, 6.45) is 9.54. The van der Waals surface area contributed by atoms with Crippen LogP contribution in [-0.4, -0.2) is 54.1 Å². The topological polar surface area (TPSA) is 64.7 Å². The Labute approximate surface area is 163 Å². The quantitative estimate of drug-likeness (QED) is 0.656. The zero-order valence-electron chi connectivity index (χ0n) is 15.9. The number of benzene rings is 1. The van der Waals surface area contributed by atoms with E-state index >= 15 is 0 Å². The molecule has 0 bridgehead atoms. The van der Waals surface area contributed by atoms with E-state index in [1.807, 2.05) is 13.1 Å². The zero-order valence-corrected chi connectivity index (χ0v) is 15.9. The Morgan fingerprint density at radius 3 is 2.64 bits per heavy atom. The van der Waals surface area contributed by atoms with E-state index in [2.05, 4.69) is 35.8 Å². The molecule has 0 aliphatic carbocycles. The first kappa shape index (κ1) is 18.5. The molecular formula is C20H24FN7. The van der Waals surface area contributed by atoms with E-state index in [-0.39, 0.29) is 5.82 Å². The maximum atomic E-state index is 12.9. The van der Waals surface area contributed by atoms with E-state index in [4.69, 9.17) is 0 Å². The summed E-state index contributed by atoms with van der Waals surface area (Å²) in [5.74, 6) is 2.17. The summed E-state index contributed by atoms with van der Waals surface area (Å²) >= 11 is 0. The Bertz CT molecular complexity index is 907. The van der Waals surface area contributed by atoms with Crippen LogP contribution >= 0.6 is 0 Å². The smallest absolute Gasteiger partial charge is 0.154 e. The molecule has 4 rings (SSSR count). The fourth-order valence-corrected chi connectivity index (χ4v) is 3.61. The summed E-state index contributed by atoms with van der Waals surface area (Å²) in [7, 11) is 2.03. The van der Waals surface area contributed by atoms with Gasteiger partial charge in [0.2, 0.25) is 0 Å². The van der Waals surface area contributed by atoms with Gasteiger partial charge in [-0.1, -0.05) is 24.3 Å². The minimum absolute atomic E-state index is 0.201. The van der Waals surface area contributed by atoms with Crippen LogP contribution in [0.1, 0.15) is 36.0 Å². The zero-order chi connectivity index (χ0) is 19.3. The summed E-state index contributed by atoms with van der Waals surface area (Å²) in [5.41, 5.74) is 1.02. The molecule has 3 heterocycles. The average molecular weight is 381 g/mol. The molecule has 1 saturated heterocycles. The van der Waals surface area contributed by atoms with Crippen molar-refractivity contribution in [3.63, 3.8) is 0 Å². The second kappa shape index (κ2) is 8.43. The lowest BCUT2D eigenvalue weighted by atomic mass is 9.96. The summed E-state index contributed by atoms with van der Waals surface area (Å²) in [6, 6.07) is 6.57. The van der Waals surface area contributed by atoms with Crippen molar-refractivity contribution in [3.05, 3.63) is 66.0 Å². The van der Waals surface area contributed by atoms with Gasteiger partial charge in [-0.3, -0.25) is 4.90 Å². The summed E-state index contributed by atoms with van der Waals surface area (Å²) < 4.78 is 16.8. The number of hydrogen-bond acceptors (Lipinski definition) is 5. The van der Waals surface area contributed by atoms with Crippen molar-refractivity contribution in [1.29, 1.82) is 0 Å². The number of aromatic nitrogens is 6. The molecule has 1 fully saturated rings. The van der Waals surface area contributed by atoms with Gasteiger partial charge in [0.15, 0.2) is 5.82 Å². The minimum Gasteiger partial charge on any atom is -0.316 e. The Morgan fingerprint density at radius 1 is 1.14 bits per heavy atom. The fourth-order valence-electron chi connectivity index (χ4n) is 3.61. The summed E-state index contributed by atoms with van der Waals surface area (Å²) in [5, 5.41) is 12.9. The first-order valence-corrected chi connectivity index (χ1v) is 9.54. The molecular weight excluding hydrogens is 357 g/mol. The Morgan fingerprint density at radius 2 is 1.93 bits per heavy atom. The predicted octanol–water partition coefficient (Wildman–Crippen LogP) is 2.49. The van der Waals surface area contributed by atoms with Crippen molar-refractivity contribution in [2.24, 2.45) is 7.05 Å². The first-order valence-electron chi connectivity index (χ1n) is 9.54. The van der Waals surface area contributed by atoms with Crippen LogP contribution in [0.3, 0.4) is 0 Å². The Hall–Kier alpha value is -2.87. The molecule has 28 heavy (non-hydrogen) atoms. The maximum Gasteiger partial charge on any atom is 0.154 e. The van der Waals surface area contributed by atoms with Gasteiger partial charge in [-0.05, 0) is 43.6 Å². The Balaban J connectivity index is 1.29. The van der Waals surface area contributed by atoms with Crippen molar-refractivity contribution >= 4 is 6.08 Å². The number of halogens is 1. The number of likely N-dealkylation sites (tertiary alicyclic amines) is 1. The second-order valence-corrected chi connectivity index (χ2v) is 7.16. The fraction of sp³-hybridized carbons (Fsp3) is 0.400. The molecule has 1 aliphatic rings. The third-order valence-corrected chi connectivity index (χ3v) is 5.27. The molecule has 0 radical (unpaired) electrons. The monoisotopic (exact) mass is 381 g/mol. The van der Waals surface area contributed by atoms with Crippen molar-refractivity contribution < 1.29 is 4.39 Å². The molecule has 0 amide bonds. The lowest BCUT2D eigenvalue weighted by Crippen LogP contribution is -2.33. The normalized spacial score (nSPS) is 16.2. The highest BCUT2D eigenvalue weighted by Gasteiger charge is 2.24. The molecule has 0 N–H and O–H groups in total. The number of piperidine rings is 1. The van der Waals surface area contributed by atoms with E-state index in [0.29, 0.717) is 12.5 Å². The van der Waals surface area contributed by atoms with Crippen LogP contribution in [0, 0.1) is 5.82 Å². The van der Waals surface area contributed by atoms with Crippen molar-refractivity contribution in [1.82, 2.24) is 34.4 Å².